The predicted octanol–water partition coefficient (Wildman–Crippen LogP) is 2.34. The van der Waals surface area contributed by atoms with Crippen molar-refractivity contribution in [1.82, 2.24) is 0 Å². The van der Waals surface area contributed by atoms with Crippen LogP contribution in [-0.4, -0.2) is 0 Å². The van der Waals surface area contributed by atoms with E-state index in [1.54, 1.807) is 6.08 Å². The molecule has 0 aromatic heterocycles. The molecule has 0 amide bonds. The van der Waals surface area contributed by atoms with E-state index in [4.69, 9.17) is 0 Å². The van der Waals surface area contributed by atoms with E-state index >= 15 is 0 Å². The quantitative estimate of drug-likeness (QED) is 0.472. The van der Waals surface area contributed by atoms with Gasteiger partial charge in [-0.2, -0.15) is 0 Å². The predicted molar refractivity (Wildman–Crippen MR) is 33.9 cm³/mol. The summed E-state index contributed by atoms with van der Waals surface area (Å²) in [4.78, 5) is 0. The topological polar surface area (TPSA) is 0 Å². The lowest BCUT2D eigenvalue weighted by atomic mass is 10.3. The molecule has 0 saturated carbocycles. The molecular weight excluding hydrogens is 84.1 g/mol. The van der Waals surface area contributed by atoms with E-state index in [1.807, 2.05) is 13.0 Å². The van der Waals surface area contributed by atoms with Crippen LogP contribution in [0, 0.1) is 6.42 Å². The molecule has 0 aliphatic heterocycles. The van der Waals surface area contributed by atoms with Crippen molar-refractivity contribution in [3.05, 3.63) is 31.2 Å². The Hall–Kier alpha value is -0.520. The van der Waals surface area contributed by atoms with E-state index in [2.05, 4.69) is 19.1 Å². The smallest absolute Gasteiger partial charge is 0.0319 e. The van der Waals surface area contributed by atoms with E-state index in [0.29, 0.717) is 0 Å². The molecule has 7 heavy (non-hydrogen) atoms. The van der Waals surface area contributed by atoms with Crippen LogP contribution in [0.25, 0.3) is 0 Å². The molecule has 0 fully saturated rings. The number of hydrogen-bond donors (Lipinski definition) is 0. The van der Waals surface area contributed by atoms with Gasteiger partial charge in [-0.05, 0) is 12.8 Å². The first-order chi connectivity index (χ1) is 3.41. The fourth-order valence-corrected chi connectivity index (χ4v) is 0.311. The molecule has 0 nitrogen and oxygen atoms in total. The van der Waals surface area contributed by atoms with Crippen molar-refractivity contribution >= 4 is 0 Å². The molecule has 39 valence electrons. The first-order valence-corrected chi connectivity index (χ1v) is 2.47. The Balaban J connectivity index is 2.92. The van der Waals surface area contributed by atoms with Crippen molar-refractivity contribution in [3.63, 3.8) is 0 Å². The summed E-state index contributed by atoms with van der Waals surface area (Å²) in [7, 11) is 0. The summed E-state index contributed by atoms with van der Waals surface area (Å²) in [6.07, 6.45) is 8.93. The zero-order valence-electron chi connectivity index (χ0n) is 4.72. The van der Waals surface area contributed by atoms with Crippen molar-refractivity contribution in [2.75, 3.05) is 0 Å². The average molecular weight is 95.2 g/mol. The summed E-state index contributed by atoms with van der Waals surface area (Å²) in [6.45, 7) is 5.57. The lowest BCUT2D eigenvalue weighted by Crippen LogP contribution is -1.58. The van der Waals surface area contributed by atoms with Gasteiger partial charge in [0, 0.05) is 0 Å². The molecule has 0 heterocycles. The first-order valence-electron chi connectivity index (χ1n) is 2.47. The van der Waals surface area contributed by atoms with Gasteiger partial charge in [-0.15, -0.1) is 0 Å². The maximum absolute atomic E-state index is 3.53. The zero-order valence-corrected chi connectivity index (χ0v) is 4.72. The Morgan fingerprint density at radius 2 is 2.29 bits per heavy atom. The van der Waals surface area contributed by atoms with Crippen molar-refractivity contribution in [2.45, 2.75) is 13.3 Å². The summed E-state index contributed by atoms with van der Waals surface area (Å²) in [5.41, 5.74) is 0. The van der Waals surface area contributed by atoms with Crippen molar-refractivity contribution < 1.29 is 0 Å². The SMILES string of the molecule is C=C/C=C/C[CH]C. The van der Waals surface area contributed by atoms with Gasteiger partial charge in [-0.3, -0.25) is 0 Å². The standard InChI is InChI=1S/C7H11/c1-3-5-7-6-4-2/h3-5,7H,1,6H2,2H3/b7-5+. The monoisotopic (exact) mass is 95.1 g/mol. The third-order valence-corrected chi connectivity index (χ3v) is 0.644. The van der Waals surface area contributed by atoms with Gasteiger partial charge in [-0.1, -0.05) is 31.7 Å². The third-order valence-electron chi connectivity index (χ3n) is 0.644. The Morgan fingerprint density at radius 1 is 1.57 bits per heavy atom. The van der Waals surface area contributed by atoms with Crippen LogP contribution < -0.4 is 0 Å². The molecule has 0 spiro atoms. The molecule has 0 saturated heterocycles. The fourth-order valence-electron chi connectivity index (χ4n) is 0.311. The molecule has 0 bridgehead atoms. The Bertz CT molecular complexity index is 60.4. The molecule has 0 heteroatoms. The second-order valence-electron chi connectivity index (χ2n) is 1.31. The summed E-state index contributed by atoms with van der Waals surface area (Å²) in [5.74, 6) is 0. The van der Waals surface area contributed by atoms with Gasteiger partial charge < -0.3 is 0 Å². The van der Waals surface area contributed by atoms with Gasteiger partial charge in [0.05, 0.1) is 0 Å². The van der Waals surface area contributed by atoms with E-state index < -0.39 is 0 Å². The number of unbranched alkanes of at least 4 members (excludes halogenated alkanes) is 1. The van der Waals surface area contributed by atoms with Gasteiger partial charge in [-0.25, -0.2) is 0 Å². The van der Waals surface area contributed by atoms with E-state index in [-0.39, 0.29) is 0 Å². The highest BCUT2D eigenvalue weighted by molar-refractivity contribution is 4.98. The maximum atomic E-state index is 3.53. The molecular formula is C7H11. The molecule has 0 rings (SSSR count). The molecule has 1 radical (unpaired) electrons. The molecule has 0 atom stereocenters. The van der Waals surface area contributed by atoms with Gasteiger partial charge in [0.25, 0.3) is 0 Å². The van der Waals surface area contributed by atoms with Crippen LogP contribution in [0.15, 0.2) is 24.8 Å². The van der Waals surface area contributed by atoms with Gasteiger partial charge in [0.15, 0.2) is 0 Å². The molecule has 0 N–H and O–H groups in total. The molecule has 0 aliphatic carbocycles. The summed E-state index contributed by atoms with van der Waals surface area (Å²) in [5, 5.41) is 0. The molecule has 0 unspecified atom stereocenters. The van der Waals surface area contributed by atoms with Crippen LogP contribution in [0.4, 0.5) is 0 Å². The van der Waals surface area contributed by atoms with Gasteiger partial charge in [0.2, 0.25) is 0 Å². The highest BCUT2D eigenvalue weighted by atomic mass is 13.7. The Kier molecular flexibility index (Phi) is 5.07. The minimum atomic E-state index is 1.05. The number of allylic oxidation sites excluding steroid dienone is 3. The number of hydrogen-bond acceptors (Lipinski definition) is 0. The highest BCUT2D eigenvalue weighted by Gasteiger charge is 1.66. The Morgan fingerprint density at radius 3 is 2.71 bits per heavy atom. The van der Waals surface area contributed by atoms with Crippen LogP contribution >= 0.6 is 0 Å². The fraction of sp³-hybridized carbons (Fsp3) is 0.286. The second-order valence-corrected chi connectivity index (χ2v) is 1.31. The summed E-state index contributed by atoms with van der Waals surface area (Å²) < 4.78 is 0. The van der Waals surface area contributed by atoms with Crippen molar-refractivity contribution in [2.24, 2.45) is 0 Å². The van der Waals surface area contributed by atoms with E-state index in [1.165, 1.54) is 0 Å². The van der Waals surface area contributed by atoms with Gasteiger partial charge in [0.1, 0.15) is 0 Å². The maximum Gasteiger partial charge on any atom is -0.0319 e. The molecule has 0 aliphatic rings. The highest BCUT2D eigenvalue weighted by Crippen LogP contribution is 1.85. The van der Waals surface area contributed by atoms with E-state index in [9.17, 15) is 0 Å². The van der Waals surface area contributed by atoms with Crippen LogP contribution in [0.1, 0.15) is 13.3 Å². The van der Waals surface area contributed by atoms with Crippen LogP contribution in [0.3, 0.4) is 0 Å². The molecule has 0 aromatic rings. The number of rotatable bonds is 3. The lowest BCUT2D eigenvalue weighted by molar-refractivity contribution is 1.21. The minimum Gasteiger partial charge on any atom is -0.0991 e. The van der Waals surface area contributed by atoms with Crippen molar-refractivity contribution in [3.8, 4) is 0 Å². The first kappa shape index (κ1) is 6.48. The second kappa shape index (κ2) is 5.48. The van der Waals surface area contributed by atoms with Crippen LogP contribution in [0.5, 0.6) is 0 Å². The summed E-state index contributed by atoms with van der Waals surface area (Å²) in [6, 6.07) is 0. The van der Waals surface area contributed by atoms with Gasteiger partial charge >= 0.3 is 0 Å². The van der Waals surface area contributed by atoms with Crippen LogP contribution in [0.2, 0.25) is 0 Å². The summed E-state index contributed by atoms with van der Waals surface area (Å²) >= 11 is 0. The minimum absolute atomic E-state index is 1.05. The third kappa shape index (κ3) is 5.48. The largest absolute Gasteiger partial charge is 0.0991 e. The van der Waals surface area contributed by atoms with Crippen LogP contribution in [-0.2, 0) is 0 Å². The zero-order chi connectivity index (χ0) is 5.54. The normalized spacial score (nSPS) is 9.86. The Labute approximate surface area is 45.5 Å². The van der Waals surface area contributed by atoms with Crippen molar-refractivity contribution in [1.29, 1.82) is 0 Å². The lowest BCUT2D eigenvalue weighted by Gasteiger charge is -1.76. The average Bonchev–Trinajstić information content (AvgIpc) is 1.69. The molecule has 0 aromatic carbocycles. The van der Waals surface area contributed by atoms with E-state index in [0.717, 1.165) is 6.42 Å².